The first kappa shape index (κ1) is 21.8. The highest BCUT2D eigenvalue weighted by Crippen LogP contribution is 2.24. The van der Waals surface area contributed by atoms with Crippen LogP contribution in [0.5, 0.6) is 5.75 Å². The maximum atomic E-state index is 14.0. The van der Waals surface area contributed by atoms with Crippen LogP contribution >= 0.6 is 11.8 Å². The van der Waals surface area contributed by atoms with E-state index in [0.717, 1.165) is 11.6 Å². The number of nitrogens with zero attached hydrogens (tertiary/aromatic N) is 4. The number of fused-ring (bicyclic) bond motifs is 3. The summed E-state index contributed by atoms with van der Waals surface area (Å²) in [6.45, 7) is 0.334. The average molecular weight is 475 g/mol. The third-order valence-electron chi connectivity index (χ3n) is 5.47. The van der Waals surface area contributed by atoms with Crippen molar-refractivity contribution in [3.8, 4) is 5.75 Å². The van der Waals surface area contributed by atoms with Crippen molar-refractivity contribution in [2.24, 2.45) is 0 Å². The number of halogens is 1. The van der Waals surface area contributed by atoms with Crippen molar-refractivity contribution < 1.29 is 13.9 Å². The standard InChI is InChI=1S/C25H19FN4O3S/c1-33-22-12-11-17(13-19(22)26)21(31)15-34-25-28-27-24-29(14-16-7-3-2-4-8-16)23(32)18-9-5-6-10-20(18)30(24)25/h2-13H,14-15H2,1H3. The molecule has 0 aliphatic carbocycles. The minimum absolute atomic E-state index is 0.0265. The lowest BCUT2D eigenvalue weighted by Gasteiger charge is -2.11. The Morgan fingerprint density at radius 2 is 1.79 bits per heavy atom. The van der Waals surface area contributed by atoms with E-state index >= 15 is 0 Å². The Morgan fingerprint density at radius 3 is 2.56 bits per heavy atom. The van der Waals surface area contributed by atoms with E-state index in [9.17, 15) is 14.0 Å². The monoisotopic (exact) mass is 474 g/mol. The van der Waals surface area contributed by atoms with Crippen molar-refractivity contribution in [2.45, 2.75) is 11.7 Å². The first-order chi connectivity index (χ1) is 16.6. The van der Waals surface area contributed by atoms with E-state index in [2.05, 4.69) is 10.2 Å². The van der Waals surface area contributed by atoms with Crippen molar-refractivity contribution >= 4 is 34.2 Å². The van der Waals surface area contributed by atoms with Crippen molar-refractivity contribution in [2.75, 3.05) is 12.9 Å². The van der Waals surface area contributed by atoms with Gasteiger partial charge < -0.3 is 4.74 Å². The maximum absolute atomic E-state index is 14.0. The molecule has 0 aliphatic heterocycles. The van der Waals surface area contributed by atoms with Gasteiger partial charge in [0, 0.05) is 5.56 Å². The lowest BCUT2D eigenvalue weighted by Crippen LogP contribution is -2.24. The summed E-state index contributed by atoms with van der Waals surface area (Å²) in [6.07, 6.45) is 0. The molecule has 0 aliphatic rings. The number of carbonyl (C=O) groups is 1. The minimum atomic E-state index is -0.595. The summed E-state index contributed by atoms with van der Waals surface area (Å²) in [5.74, 6) is -0.362. The number of methoxy groups -OCH3 is 1. The van der Waals surface area contributed by atoms with Crippen LogP contribution in [-0.2, 0) is 6.54 Å². The topological polar surface area (TPSA) is 78.5 Å². The van der Waals surface area contributed by atoms with Gasteiger partial charge in [0.15, 0.2) is 22.5 Å². The Morgan fingerprint density at radius 1 is 1.03 bits per heavy atom. The third-order valence-corrected chi connectivity index (χ3v) is 6.40. The molecule has 2 heterocycles. The Kier molecular flexibility index (Phi) is 5.85. The average Bonchev–Trinajstić information content (AvgIpc) is 3.29. The van der Waals surface area contributed by atoms with E-state index in [1.807, 2.05) is 42.5 Å². The second-order valence-corrected chi connectivity index (χ2v) is 8.52. The van der Waals surface area contributed by atoms with Crippen LogP contribution in [0.4, 0.5) is 4.39 Å². The SMILES string of the molecule is COc1ccc(C(=O)CSc2nnc3n(Cc4ccccc4)c(=O)c4ccccc4n23)cc1F. The van der Waals surface area contributed by atoms with E-state index in [4.69, 9.17) is 4.74 Å². The van der Waals surface area contributed by atoms with Crippen LogP contribution in [0, 0.1) is 5.82 Å². The van der Waals surface area contributed by atoms with Crippen molar-refractivity contribution in [1.82, 2.24) is 19.2 Å². The molecular formula is C25H19FN4O3S. The number of benzene rings is 3. The summed E-state index contributed by atoms with van der Waals surface area (Å²) in [4.78, 5) is 26.0. The summed E-state index contributed by atoms with van der Waals surface area (Å²) >= 11 is 1.18. The van der Waals surface area contributed by atoms with Crippen molar-refractivity contribution in [3.63, 3.8) is 0 Å². The molecule has 0 radical (unpaired) electrons. The van der Waals surface area contributed by atoms with E-state index in [1.54, 1.807) is 21.1 Å². The molecule has 3 aromatic carbocycles. The summed E-state index contributed by atoms with van der Waals surface area (Å²) in [5.41, 5.74) is 1.68. The van der Waals surface area contributed by atoms with Crippen LogP contribution in [0.3, 0.4) is 0 Å². The van der Waals surface area contributed by atoms with Gasteiger partial charge in [-0.05, 0) is 35.9 Å². The summed E-state index contributed by atoms with van der Waals surface area (Å²) < 4.78 is 22.3. The molecule has 2 aromatic heterocycles. The van der Waals surface area contributed by atoms with E-state index in [1.165, 1.54) is 31.0 Å². The molecule has 0 atom stereocenters. The fourth-order valence-corrected chi connectivity index (χ4v) is 4.62. The lowest BCUT2D eigenvalue weighted by atomic mass is 10.1. The summed E-state index contributed by atoms with van der Waals surface area (Å²) in [7, 11) is 1.37. The first-order valence-electron chi connectivity index (χ1n) is 10.5. The van der Waals surface area contributed by atoms with Gasteiger partial charge in [-0.1, -0.05) is 54.2 Å². The molecule has 0 bridgehead atoms. The van der Waals surface area contributed by atoms with Crippen LogP contribution < -0.4 is 10.3 Å². The number of hydrogen-bond acceptors (Lipinski definition) is 6. The second kappa shape index (κ2) is 9.11. The number of para-hydroxylation sites is 1. The summed E-state index contributed by atoms with van der Waals surface area (Å²) in [5, 5.41) is 9.54. The number of aromatic nitrogens is 4. The molecule has 0 fully saturated rings. The van der Waals surface area contributed by atoms with E-state index in [0.29, 0.717) is 28.4 Å². The van der Waals surface area contributed by atoms with Crippen LogP contribution in [0.15, 0.2) is 82.7 Å². The lowest BCUT2D eigenvalue weighted by molar-refractivity contribution is 0.102. The number of hydrogen-bond donors (Lipinski definition) is 0. The Balaban J connectivity index is 1.53. The molecule has 5 aromatic rings. The largest absolute Gasteiger partial charge is 0.494 e. The predicted octanol–water partition coefficient (Wildman–Crippen LogP) is 4.22. The van der Waals surface area contributed by atoms with Crippen molar-refractivity contribution in [1.29, 1.82) is 0 Å². The minimum Gasteiger partial charge on any atom is -0.494 e. The van der Waals surface area contributed by atoms with Crippen LogP contribution in [0.1, 0.15) is 15.9 Å². The van der Waals surface area contributed by atoms with Gasteiger partial charge in [0.25, 0.3) is 5.56 Å². The Labute approximate surface area is 197 Å². The predicted molar refractivity (Wildman–Crippen MR) is 128 cm³/mol. The molecular weight excluding hydrogens is 455 g/mol. The summed E-state index contributed by atoms with van der Waals surface area (Å²) in [6, 6.07) is 21.0. The zero-order chi connectivity index (χ0) is 23.7. The highest BCUT2D eigenvalue weighted by molar-refractivity contribution is 7.99. The zero-order valence-electron chi connectivity index (χ0n) is 18.1. The Bertz CT molecular complexity index is 1580. The van der Waals surface area contributed by atoms with Gasteiger partial charge in [-0.15, -0.1) is 10.2 Å². The molecule has 7 nitrogen and oxygen atoms in total. The zero-order valence-corrected chi connectivity index (χ0v) is 19.0. The van der Waals surface area contributed by atoms with Crippen LogP contribution in [0.2, 0.25) is 0 Å². The van der Waals surface area contributed by atoms with Crippen molar-refractivity contribution in [3.05, 3.63) is 100 Å². The van der Waals surface area contributed by atoms with Gasteiger partial charge in [-0.3, -0.25) is 18.6 Å². The molecule has 0 spiro atoms. The van der Waals surface area contributed by atoms with Gasteiger partial charge in [0.05, 0.1) is 30.3 Å². The molecule has 170 valence electrons. The molecule has 9 heteroatoms. The number of Topliss-reactive ketones (excluding diaryl/α,β-unsaturated/α-hetero) is 1. The fraction of sp³-hybridized carbons (Fsp3) is 0.120. The molecule has 0 N–H and O–H groups in total. The highest BCUT2D eigenvalue weighted by atomic mass is 32.2. The van der Waals surface area contributed by atoms with Gasteiger partial charge in [-0.2, -0.15) is 0 Å². The molecule has 5 rings (SSSR count). The Hall–Kier alpha value is -3.98. The first-order valence-corrected chi connectivity index (χ1v) is 11.5. The third kappa shape index (κ3) is 3.94. The number of carbonyl (C=O) groups excluding carboxylic acids is 1. The number of thioether (sulfide) groups is 1. The van der Waals surface area contributed by atoms with Crippen LogP contribution in [0.25, 0.3) is 16.7 Å². The fourth-order valence-electron chi connectivity index (χ4n) is 3.79. The second-order valence-electron chi connectivity index (χ2n) is 7.57. The maximum Gasteiger partial charge on any atom is 0.263 e. The quantitative estimate of drug-likeness (QED) is 0.260. The smallest absolute Gasteiger partial charge is 0.263 e. The van der Waals surface area contributed by atoms with Gasteiger partial charge in [-0.25, -0.2) is 4.39 Å². The normalized spacial score (nSPS) is 11.2. The van der Waals surface area contributed by atoms with Crippen LogP contribution in [-0.4, -0.2) is 37.8 Å². The molecule has 0 unspecified atom stereocenters. The molecule has 0 amide bonds. The van der Waals surface area contributed by atoms with Gasteiger partial charge in [0.1, 0.15) is 0 Å². The van der Waals surface area contributed by atoms with Gasteiger partial charge in [0.2, 0.25) is 5.78 Å². The molecule has 0 saturated heterocycles. The number of ether oxygens (including phenoxy) is 1. The molecule has 34 heavy (non-hydrogen) atoms. The van der Waals surface area contributed by atoms with E-state index < -0.39 is 5.82 Å². The molecule has 0 saturated carbocycles. The number of ketones is 1. The van der Waals surface area contributed by atoms with Gasteiger partial charge >= 0.3 is 0 Å². The number of rotatable bonds is 7. The van der Waals surface area contributed by atoms with E-state index in [-0.39, 0.29) is 28.4 Å². The highest BCUT2D eigenvalue weighted by Gasteiger charge is 2.18.